The molecule has 150 valence electrons. The van der Waals surface area contributed by atoms with E-state index in [4.69, 9.17) is 4.74 Å². The zero-order valence-electron chi connectivity index (χ0n) is 16.8. The van der Waals surface area contributed by atoms with Crippen molar-refractivity contribution in [1.82, 2.24) is 15.1 Å². The lowest BCUT2D eigenvalue weighted by atomic mass is 10.0. The molecule has 1 heterocycles. The van der Waals surface area contributed by atoms with Crippen molar-refractivity contribution < 1.29 is 14.3 Å². The van der Waals surface area contributed by atoms with Gasteiger partial charge in [-0.1, -0.05) is 30.3 Å². The van der Waals surface area contributed by atoms with E-state index in [0.29, 0.717) is 19.7 Å². The van der Waals surface area contributed by atoms with Gasteiger partial charge in [0.25, 0.3) is 0 Å². The van der Waals surface area contributed by atoms with E-state index in [1.165, 1.54) is 5.56 Å². The fourth-order valence-electron chi connectivity index (χ4n) is 3.53. The molecule has 0 spiro atoms. The van der Waals surface area contributed by atoms with Crippen LogP contribution in [-0.4, -0.2) is 73.6 Å². The maximum atomic E-state index is 12.8. The lowest BCUT2D eigenvalue weighted by Crippen LogP contribution is -2.57. The van der Waals surface area contributed by atoms with Gasteiger partial charge < -0.3 is 15.0 Å². The maximum Gasteiger partial charge on any atom is 0.237 e. The second-order valence-corrected chi connectivity index (χ2v) is 7.31. The van der Waals surface area contributed by atoms with E-state index in [1.54, 1.807) is 12.0 Å². The molecule has 0 aromatic heterocycles. The topological polar surface area (TPSA) is 61.9 Å². The summed E-state index contributed by atoms with van der Waals surface area (Å²) in [7, 11) is 1.63. The number of piperazine rings is 1. The molecule has 0 bridgehead atoms. The summed E-state index contributed by atoms with van der Waals surface area (Å²) < 4.78 is 5.12. The Kier molecular flexibility index (Phi) is 8.75. The molecular formula is C21H33N3O3. The average molecular weight is 376 g/mol. The van der Waals surface area contributed by atoms with Crippen LogP contribution < -0.4 is 5.32 Å². The molecule has 1 aliphatic rings. The average Bonchev–Trinajstić information content (AvgIpc) is 2.65. The van der Waals surface area contributed by atoms with Gasteiger partial charge in [0.15, 0.2) is 0 Å². The highest BCUT2D eigenvalue weighted by molar-refractivity contribution is 5.89. The van der Waals surface area contributed by atoms with Crippen molar-refractivity contribution in [2.75, 3.05) is 39.9 Å². The molecule has 1 aromatic rings. The minimum atomic E-state index is -0.384. The number of hydrogen-bond donors (Lipinski definition) is 1. The summed E-state index contributed by atoms with van der Waals surface area (Å²) in [6.07, 6.45) is 2.17. The molecule has 1 atom stereocenters. The Labute approximate surface area is 162 Å². The Bertz CT molecular complexity index is 592. The van der Waals surface area contributed by atoms with Crippen molar-refractivity contribution in [2.45, 2.75) is 45.2 Å². The molecule has 1 fully saturated rings. The molecule has 6 nitrogen and oxygen atoms in total. The van der Waals surface area contributed by atoms with E-state index in [2.05, 4.69) is 22.3 Å². The summed E-state index contributed by atoms with van der Waals surface area (Å²) in [5, 5.41) is 2.91. The second kappa shape index (κ2) is 11.0. The number of nitrogens with one attached hydrogen (secondary N) is 1. The molecule has 0 aliphatic carbocycles. The molecule has 27 heavy (non-hydrogen) atoms. The Balaban J connectivity index is 1.93. The predicted molar refractivity (Wildman–Crippen MR) is 106 cm³/mol. The molecule has 0 radical (unpaired) electrons. The molecule has 2 rings (SSSR count). The van der Waals surface area contributed by atoms with Gasteiger partial charge in [-0.3, -0.25) is 14.5 Å². The number of nitrogens with zero attached hydrogens (tertiary/aromatic N) is 2. The van der Waals surface area contributed by atoms with E-state index >= 15 is 0 Å². The first-order chi connectivity index (χ1) is 13.0. The number of ether oxygens (including phenoxy) is 1. The van der Waals surface area contributed by atoms with Gasteiger partial charge in [0.05, 0.1) is 19.1 Å². The van der Waals surface area contributed by atoms with Crippen LogP contribution in [-0.2, 0) is 20.7 Å². The highest BCUT2D eigenvalue weighted by atomic mass is 16.5. The zero-order chi connectivity index (χ0) is 19.6. The smallest absolute Gasteiger partial charge is 0.237 e. The van der Waals surface area contributed by atoms with Crippen LogP contribution in [0.5, 0.6) is 0 Å². The summed E-state index contributed by atoms with van der Waals surface area (Å²) in [6, 6.07) is 10.1. The zero-order valence-corrected chi connectivity index (χ0v) is 16.8. The number of aryl methyl sites for hydroxylation is 1. The minimum absolute atomic E-state index is 0.0113. The van der Waals surface area contributed by atoms with Crippen LogP contribution in [0.4, 0.5) is 0 Å². The third kappa shape index (κ3) is 6.63. The molecule has 0 saturated carbocycles. The molecule has 1 aromatic carbocycles. The van der Waals surface area contributed by atoms with E-state index < -0.39 is 0 Å². The summed E-state index contributed by atoms with van der Waals surface area (Å²) in [5.74, 6) is -0.0260. The quantitative estimate of drug-likeness (QED) is 0.676. The van der Waals surface area contributed by atoms with Crippen molar-refractivity contribution in [3.8, 4) is 0 Å². The lowest BCUT2D eigenvalue weighted by molar-refractivity contribution is -0.140. The normalized spacial score (nSPS) is 17.8. The van der Waals surface area contributed by atoms with Crippen LogP contribution in [0.1, 0.15) is 32.3 Å². The third-order valence-electron chi connectivity index (χ3n) is 5.04. The predicted octanol–water partition coefficient (Wildman–Crippen LogP) is 1.69. The molecule has 2 amide bonds. The van der Waals surface area contributed by atoms with Crippen molar-refractivity contribution in [3.05, 3.63) is 35.9 Å². The van der Waals surface area contributed by atoms with E-state index in [0.717, 1.165) is 25.9 Å². The minimum Gasteiger partial charge on any atom is -0.383 e. The first-order valence-corrected chi connectivity index (χ1v) is 9.87. The fourth-order valence-corrected chi connectivity index (χ4v) is 3.53. The Morgan fingerprint density at radius 1 is 1.33 bits per heavy atom. The van der Waals surface area contributed by atoms with Crippen LogP contribution in [0.15, 0.2) is 30.3 Å². The monoisotopic (exact) mass is 375 g/mol. The molecule has 1 aliphatic heterocycles. The summed E-state index contributed by atoms with van der Waals surface area (Å²) >= 11 is 0. The molecule has 0 unspecified atom stereocenters. The van der Waals surface area contributed by atoms with Gasteiger partial charge >= 0.3 is 0 Å². The number of rotatable bonds is 10. The molecule has 1 saturated heterocycles. The Morgan fingerprint density at radius 2 is 2.07 bits per heavy atom. The van der Waals surface area contributed by atoms with E-state index in [1.807, 2.05) is 32.0 Å². The number of carbonyl (C=O) groups is 2. The summed E-state index contributed by atoms with van der Waals surface area (Å²) in [4.78, 5) is 29.2. The van der Waals surface area contributed by atoms with Crippen LogP contribution in [0.2, 0.25) is 0 Å². The first-order valence-electron chi connectivity index (χ1n) is 9.87. The van der Waals surface area contributed by atoms with Crippen LogP contribution in [0, 0.1) is 0 Å². The maximum absolute atomic E-state index is 12.8. The van der Waals surface area contributed by atoms with Gasteiger partial charge in [-0.2, -0.15) is 0 Å². The van der Waals surface area contributed by atoms with Crippen molar-refractivity contribution in [1.29, 1.82) is 0 Å². The highest BCUT2D eigenvalue weighted by Crippen LogP contribution is 2.14. The lowest BCUT2D eigenvalue weighted by Gasteiger charge is -2.36. The standard InChI is InChI=1S/C21H33N3O3/c1-17(2)24(14-15-27-3)20(25)16-19-21(26)22-11-13-23(19)12-7-10-18-8-5-4-6-9-18/h4-6,8-9,17,19H,7,10-16H2,1-3H3,(H,22,26)/t19-/m1/s1. The van der Waals surface area contributed by atoms with Crippen LogP contribution in [0.3, 0.4) is 0 Å². The SMILES string of the molecule is COCCN(C(=O)C[C@@H]1C(=O)NCCN1CCCc1ccccc1)C(C)C. The number of hydrogen-bond acceptors (Lipinski definition) is 4. The van der Waals surface area contributed by atoms with Crippen molar-refractivity contribution >= 4 is 11.8 Å². The Hall–Kier alpha value is -1.92. The molecular weight excluding hydrogens is 342 g/mol. The number of amides is 2. The molecule has 1 N–H and O–H groups in total. The van der Waals surface area contributed by atoms with Crippen LogP contribution >= 0.6 is 0 Å². The van der Waals surface area contributed by atoms with Gasteiger partial charge in [0, 0.05) is 32.8 Å². The van der Waals surface area contributed by atoms with Gasteiger partial charge in [-0.15, -0.1) is 0 Å². The van der Waals surface area contributed by atoms with Gasteiger partial charge in [0.1, 0.15) is 0 Å². The van der Waals surface area contributed by atoms with Gasteiger partial charge in [-0.05, 0) is 38.8 Å². The fraction of sp³-hybridized carbons (Fsp3) is 0.619. The summed E-state index contributed by atoms with van der Waals surface area (Å²) in [5.41, 5.74) is 1.30. The number of methoxy groups -OCH3 is 1. The van der Waals surface area contributed by atoms with Crippen molar-refractivity contribution in [3.63, 3.8) is 0 Å². The molecule has 6 heteroatoms. The summed E-state index contributed by atoms with van der Waals surface area (Å²) in [6.45, 7) is 7.29. The largest absolute Gasteiger partial charge is 0.383 e. The number of carbonyl (C=O) groups excluding carboxylic acids is 2. The third-order valence-corrected chi connectivity index (χ3v) is 5.04. The number of benzene rings is 1. The van der Waals surface area contributed by atoms with E-state index in [9.17, 15) is 9.59 Å². The van der Waals surface area contributed by atoms with Gasteiger partial charge in [-0.25, -0.2) is 0 Å². The van der Waals surface area contributed by atoms with Crippen LogP contribution in [0.25, 0.3) is 0 Å². The first kappa shape index (κ1) is 21.4. The highest BCUT2D eigenvalue weighted by Gasteiger charge is 2.33. The van der Waals surface area contributed by atoms with E-state index in [-0.39, 0.29) is 30.3 Å². The second-order valence-electron chi connectivity index (χ2n) is 7.31. The van der Waals surface area contributed by atoms with Gasteiger partial charge in [0.2, 0.25) is 11.8 Å². The van der Waals surface area contributed by atoms with Crippen molar-refractivity contribution in [2.24, 2.45) is 0 Å². The Morgan fingerprint density at radius 3 is 2.74 bits per heavy atom.